The maximum absolute atomic E-state index is 13.6. The number of thioether (sulfide) groups is 1. The predicted molar refractivity (Wildman–Crippen MR) is 121 cm³/mol. The van der Waals surface area contributed by atoms with E-state index in [9.17, 15) is 4.79 Å². The maximum atomic E-state index is 13.6. The largest absolute Gasteiger partial charge is 0.268 e. The zero-order chi connectivity index (χ0) is 19.5. The molecule has 148 valence electrons. The molecular weight excluding hydrogens is 384 g/mol. The smallest absolute Gasteiger partial charge is 0.267 e. The number of hydrogen-bond acceptors (Lipinski definition) is 4. The van der Waals surface area contributed by atoms with E-state index in [1.54, 1.807) is 23.1 Å². The number of fused-ring (bicyclic) bond motifs is 3. The fourth-order valence-electron chi connectivity index (χ4n) is 3.97. The summed E-state index contributed by atoms with van der Waals surface area (Å²) in [6.45, 7) is 4.54. The molecule has 0 N–H and O–H groups in total. The van der Waals surface area contributed by atoms with Crippen LogP contribution < -0.4 is 5.56 Å². The van der Waals surface area contributed by atoms with Crippen LogP contribution in [0.3, 0.4) is 0 Å². The van der Waals surface area contributed by atoms with Gasteiger partial charge in [0.25, 0.3) is 5.56 Å². The predicted octanol–water partition coefficient (Wildman–Crippen LogP) is 6.24. The van der Waals surface area contributed by atoms with Crippen LogP contribution in [0.25, 0.3) is 15.9 Å². The Morgan fingerprint density at radius 3 is 2.82 bits per heavy atom. The van der Waals surface area contributed by atoms with E-state index in [1.165, 1.54) is 36.1 Å². The Morgan fingerprint density at radius 2 is 2.04 bits per heavy atom. The topological polar surface area (TPSA) is 34.9 Å². The van der Waals surface area contributed by atoms with Gasteiger partial charge in [-0.25, -0.2) is 4.98 Å². The van der Waals surface area contributed by atoms with Gasteiger partial charge in [0, 0.05) is 10.6 Å². The number of benzene rings is 1. The summed E-state index contributed by atoms with van der Waals surface area (Å²) in [7, 11) is 0. The summed E-state index contributed by atoms with van der Waals surface area (Å²) in [5.74, 6) is 1.71. The Bertz CT molecular complexity index is 1010. The van der Waals surface area contributed by atoms with Crippen LogP contribution in [0.1, 0.15) is 56.4 Å². The van der Waals surface area contributed by atoms with Gasteiger partial charge in [-0.05, 0) is 49.3 Å². The van der Waals surface area contributed by atoms with Gasteiger partial charge in [-0.1, -0.05) is 63.1 Å². The van der Waals surface area contributed by atoms with Crippen molar-refractivity contribution in [1.29, 1.82) is 0 Å². The van der Waals surface area contributed by atoms with Gasteiger partial charge in [0.1, 0.15) is 4.83 Å². The number of hydrogen-bond donors (Lipinski definition) is 0. The molecule has 0 saturated heterocycles. The molecule has 5 heteroatoms. The van der Waals surface area contributed by atoms with Crippen molar-refractivity contribution in [3.8, 4) is 5.69 Å². The molecule has 0 amide bonds. The Balaban J connectivity index is 1.79. The van der Waals surface area contributed by atoms with Gasteiger partial charge in [-0.15, -0.1) is 11.3 Å². The zero-order valence-corrected chi connectivity index (χ0v) is 18.4. The Morgan fingerprint density at radius 1 is 1.21 bits per heavy atom. The quantitative estimate of drug-likeness (QED) is 0.261. The number of nitrogens with zero attached hydrogens (tertiary/aromatic N) is 2. The Hall–Kier alpha value is -1.59. The van der Waals surface area contributed by atoms with Crippen LogP contribution in [0.2, 0.25) is 0 Å². The highest BCUT2D eigenvalue weighted by atomic mass is 32.2. The highest BCUT2D eigenvalue weighted by molar-refractivity contribution is 7.99. The van der Waals surface area contributed by atoms with Crippen molar-refractivity contribution in [2.45, 2.75) is 63.9 Å². The number of unbranched alkanes of at least 4 members (excludes halogenated alkanes) is 3. The summed E-state index contributed by atoms with van der Waals surface area (Å²) >= 11 is 3.47. The molecule has 1 aromatic carbocycles. The van der Waals surface area contributed by atoms with Gasteiger partial charge < -0.3 is 0 Å². The minimum atomic E-state index is 0.110. The lowest BCUT2D eigenvalue weighted by Gasteiger charge is -2.17. The summed E-state index contributed by atoms with van der Waals surface area (Å²) < 4.78 is 1.85. The van der Waals surface area contributed by atoms with Crippen LogP contribution in [-0.2, 0) is 12.8 Å². The van der Waals surface area contributed by atoms with E-state index in [1.807, 2.05) is 34.9 Å². The van der Waals surface area contributed by atoms with Gasteiger partial charge >= 0.3 is 0 Å². The van der Waals surface area contributed by atoms with Gasteiger partial charge in [0.05, 0.1) is 11.1 Å². The van der Waals surface area contributed by atoms with Crippen molar-refractivity contribution < 1.29 is 0 Å². The summed E-state index contributed by atoms with van der Waals surface area (Å²) in [4.78, 5) is 20.9. The Labute approximate surface area is 175 Å². The van der Waals surface area contributed by atoms with Crippen molar-refractivity contribution in [2.24, 2.45) is 5.92 Å². The summed E-state index contributed by atoms with van der Waals surface area (Å²) in [6.07, 6.45) is 8.17. The Kier molecular flexibility index (Phi) is 6.22. The van der Waals surface area contributed by atoms with Crippen molar-refractivity contribution >= 4 is 33.3 Å². The van der Waals surface area contributed by atoms with Gasteiger partial charge in [0.15, 0.2) is 5.16 Å². The fourth-order valence-corrected chi connectivity index (χ4v) is 6.40. The molecule has 1 aliphatic carbocycles. The first-order valence-corrected chi connectivity index (χ1v) is 12.2. The van der Waals surface area contributed by atoms with E-state index >= 15 is 0 Å². The minimum Gasteiger partial charge on any atom is -0.268 e. The molecule has 2 aromatic heterocycles. The molecule has 0 saturated carbocycles. The van der Waals surface area contributed by atoms with E-state index in [-0.39, 0.29) is 5.56 Å². The third-order valence-corrected chi connectivity index (χ3v) is 7.72. The summed E-state index contributed by atoms with van der Waals surface area (Å²) in [5.41, 5.74) is 2.29. The van der Waals surface area contributed by atoms with E-state index in [2.05, 4.69) is 13.8 Å². The SMILES string of the molecule is CCCCCCSc1nc2sc3c(c2c(=O)n1-c1ccccc1)CC[C@H](C)C3. The average molecular weight is 413 g/mol. The third-order valence-electron chi connectivity index (χ3n) is 5.54. The van der Waals surface area contributed by atoms with Crippen LogP contribution in [0, 0.1) is 5.92 Å². The van der Waals surface area contributed by atoms with E-state index < -0.39 is 0 Å². The highest BCUT2D eigenvalue weighted by Gasteiger charge is 2.25. The van der Waals surface area contributed by atoms with Gasteiger partial charge in [-0.3, -0.25) is 9.36 Å². The molecule has 0 spiro atoms. The van der Waals surface area contributed by atoms with Crippen molar-refractivity contribution in [2.75, 3.05) is 5.75 Å². The molecule has 2 heterocycles. The molecule has 1 atom stereocenters. The first kappa shape index (κ1) is 19.7. The van der Waals surface area contributed by atoms with Crippen LogP contribution >= 0.6 is 23.1 Å². The van der Waals surface area contributed by atoms with Crippen molar-refractivity contribution in [3.63, 3.8) is 0 Å². The number of aryl methyl sites for hydroxylation is 1. The zero-order valence-electron chi connectivity index (χ0n) is 16.7. The van der Waals surface area contributed by atoms with Crippen LogP contribution in [-0.4, -0.2) is 15.3 Å². The standard InChI is InChI=1S/C23H28N2OS2/c1-3-4-5-9-14-27-23-24-21-20(18-13-12-16(2)15-19(18)28-21)22(26)25(23)17-10-7-6-8-11-17/h6-8,10-11,16H,3-5,9,12-15H2,1-2H3/t16-/m0/s1. The van der Waals surface area contributed by atoms with Gasteiger partial charge in [0.2, 0.25) is 0 Å². The second-order valence-electron chi connectivity index (χ2n) is 7.81. The average Bonchev–Trinajstić information content (AvgIpc) is 3.06. The number of para-hydroxylation sites is 1. The molecule has 0 fully saturated rings. The molecule has 28 heavy (non-hydrogen) atoms. The molecule has 0 aliphatic heterocycles. The molecule has 0 unspecified atom stereocenters. The van der Waals surface area contributed by atoms with E-state index in [4.69, 9.17) is 4.98 Å². The lowest BCUT2D eigenvalue weighted by molar-refractivity contribution is 0.509. The second kappa shape index (κ2) is 8.83. The number of rotatable bonds is 7. The van der Waals surface area contributed by atoms with Crippen LogP contribution in [0.5, 0.6) is 0 Å². The molecule has 1 aliphatic rings. The van der Waals surface area contributed by atoms with Crippen molar-refractivity contribution in [3.05, 3.63) is 51.1 Å². The minimum absolute atomic E-state index is 0.110. The lowest BCUT2D eigenvalue weighted by atomic mass is 9.89. The van der Waals surface area contributed by atoms with Crippen LogP contribution in [0.4, 0.5) is 0 Å². The summed E-state index contributed by atoms with van der Waals surface area (Å²) in [5, 5.41) is 1.71. The molecule has 0 bridgehead atoms. The normalized spacial score (nSPS) is 16.4. The second-order valence-corrected chi connectivity index (χ2v) is 9.96. The van der Waals surface area contributed by atoms with Crippen molar-refractivity contribution in [1.82, 2.24) is 9.55 Å². The molecule has 0 radical (unpaired) electrons. The van der Waals surface area contributed by atoms with Crippen LogP contribution in [0.15, 0.2) is 40.3 Å². The third kappa shape index (κ3) is 3.92. The monoisotopic (exact) mass is 412 g/mol. The first-order chi connectivity index (χ1) is 13.7. The molecule has 3 aromatic rings. The first-order valence-electron chi connectivity index (χ1n) is 10.4. The molecular formula is C23H28N2OS2. The molecule has 4 rings (SSSR count). The van der Waals surface area contributed by atoms with E-state index in [0.717, 1.165) is 46.1 Å². The number of thiophene rings is 1. The molecule has 3 nitrogen and oxygen atoms in total. The van der Waals surface area contributed by atoms with Gasteiger partial charge in [-0.2, -0.15) is 0 Å². The summed E-state index contributed by atoms with van der Waals surface area (Å²) in [6, 6.07) is 10.00. The maximum Gasteiger partial charge on any atom is 0.267 e. The fraction of sp³-hybridized carbons (Fsp3) is 0.478. The highest BCUT2D eigenvalue weighted by Crippen LogP contribution is 2.37. The van der Waals surface area contributed by atoms with E-state index in [0.29, 0.717) is 5.92 Å². The lowest BCUT2D eigenvalue weighted by Crippen LogP contribution is -2.22. The number of aromatic nitrogens is 2.